The molecule has 0 aromatic rings. The molecule has 0 aromatic heterocycles. The highest BCUT2D eigenvalue weighted by Crippen LogP contribution is 2.10. The van der Waals surface area contributed by atoms with Crippen LogP contribution in [0, 0.1) is 5.92 Å². The molecule has 164 valence electrons. The number of aliphatic imine (C=N–C) groups is 1. The summed E-state index contributed by atoms with van der Waals surface area (Å²) in [5, 5.41) is 9.57. The Kier molecular flexibility index (Phi) is 10.0. The first-order valence-corrected chi connectivity index (χ1v) is 10.3. The van der Waals surface area contributed by atoms with Gasteiger partial charge in [-0.15, -0.1) is 0 Å². The van der Waals surface area contributed by atoms with Crippen molar-refractivity contribution in [2.24, 2.45) is 10.9 Å². The van der Waals surface area contributed by atoms with Crippen molar-refractivity contribution < 1.29 is 14.3 Å². The summed E-state index contributed by atoms with van der Waals surface area (Å²) in [4.78, 5) is 19.1. The van der Waals surface area contributed by atoms with Gasteiger partial charge in [-0.2, -0.15) is 0 Å². The second-order valence-corrected chi connectivity index (χ2v) is 9.10. The molecule has 1 rings (SSSR count). The lowest BCUT2D eigenvalue weighted by molar-refractivity contribution is 0.0320. The van der Waals surface area contributed by atoms with Crippen LogP contribution in [0.1, 0.15) is 48.5 Å². The highest BCUT2D eigenvalue weighted by molar-refractivity contribution is 5.79. The molecule has 8 nitrogen and oxygen atoms in total. The molecular weight excluding hydrogens is 358 g/mol. The first kappa shape index (κ1) is 24.5. The minimum Gasteiger partial charge on any atom is -0.444 e. The maximum absolute atomic E-state index is 12.0. The van der Waals surface area contributed by atoms with Crippen molar-refractivity contribution in [1.82, 2.24) is 20.9 Å². The fourth-order valence-corrected chi connectivity index (χ4v) is 2.80. The molecule has 0 bridgehead atoms. The van der Waals surface area contributed by atoms with Crippen molar-refractivity contribution in [3.8, 4) is 0 Å². The number of alkyl carbamates (subject to hydrolysis) is 1. The third kappa shape index (κ3) is 11.3. The Balaban J connectivity index is 2.49. The van der Waals surface area contributed by atoms with Crippen LogP contribution in [0.15, 0.2) is 4.99 Å². The molecule has 1 aliphatic heterocycles. The second-order valence-electron chi connectivity index (χ2n) is 9.10. The van der Waals surface area contributed by atoms with Crippen LogP contribution in [-0.4, -0.2) is 80.6 Å². The molecule has 1 atom stereocenters. The Labute approximate surface area is 170 Å². The van der Waals surface area contributed by atoms with Gasteiger partial charge >= 0.3 is 6.09 Å². The summed E-state index contributed by atoms with van der Waals surface area (Å²) in [6, 6.07) is 0. The van der Waals surface area contributed by atoms with Gasteiger partial charge in [0.05, 0.1) is 25.3 Å². The minimum absolute atomic E-state index is 0.426. The number of amides is 1. The molecule has 1 saturated heterocycles. The van der Waals surface area contributed by atoms with Crippen molar-refractivity contribution in [3.63, 3.8) is 0 Å². The van der Waals surface area contributed by atoms with E-state index in [1.165, 1.54) is 0 Å². The fraction of sp³-hybridized carbons (Fsp3) is 0.900. The molecular formula is C20H41N5O3. The van der Waals surface area contributed by atoms with E-state index in [2.05, 4.69) is 32.8 Å². The smallest absolute Gasteiger partial charge is 0.408 e. The molecule has 1 amide bonds. The number of hydrogen-bond acceptors (Lipinski definition) is 5. The van der Waals surface area contributed by atoms with E-state index in [-0.39, 0.29) is 0 Å². The number of hydrogen-bond donors (Lipinski definition) is 3. The average Bonchev–Trinajstić information content (AvgIpc) is 2.56. The van der Waals surface area contributed by atoms with E-state index in [1.54, 1.807) is 0 Å². The van der Waals surface area contributed by atoms with Gasteiger partial charge in [-0.25, -0.2) is 4.79 Å². The molecule has 1 heterocycles. The van der Waals surface area contributed by atoms with Crippen LogP contribution >= 0.6 is 0 Å². The number of guanidine groups is 1. The van der Waals surface area contributed by atoms with E-state index in [0.717, 1.165) is 51.9 Å². The lowest BCUT2D eigenvalue weighted by atomic mass is 10.1. The van der Waals surface area contributed by atoms with Crippen molar-refractivity contribution in [2.75, 3.05) is 52.5 Å². The van der Waals surface area contributed by atoms with Gasteiger partial charge in [-0.1, -0.05) is 6.92 Å². The summed E-state index contributed by atoms with van der Waals surface area (Å²) in [6.07, 6.45) is -0.426. The van der Waals surface area contributed by atoms with E-state index in [1.807, 2.05) is 41.5 Å². The summed E-state index contributed by atoms with van der Waals surface area (Å²) in [5.74, 6) is 1.25. The summed E-state index contributed by atoms with van der Waals surface area (Å²) >= 11 is 0. The average molecular weight is 400 g/mol. The quantitative estimate of drug-likeness (QED) is 0.426. The van der Waals surface area contributed by atoms with Crippen molar-refractivity contribution in [1.29, 1.82) is 0 Å². The van der Waals surface area contributed by atoms with E-state index >= 15 is 0 Å². The van der Waals surface area contributed by atoms with Crippen molar-refractivity contribution in [3.05, 3.63) is 0 Å². The third-order valence-electron chi connectivity index (χ3n) is 4.11. The van der Waals surface area contributed by atoms with Gasteiger partial charge in [-0.3, -0.25) is 9.89 Å². The third-order valence-corrected chi connectivity index (χ3v) is 4.11. The van der Waals surface area contributed by atoms with Crippen molar-refractivity contribution in [2.45, 2.75) is 59.6 Å². The molecule has 0 radical (unpaired) electrons. The van der Waals surface area contributed by atoms with Crippen LogP contribution in [0.3, 0.4) is 0 Å². The van der Waals surface area contributed by atoms with Gasteiger partial charge in [0.1, 0.15) is 5.60 Å². The fourth-order valence-electron chi connectivity index (χ4n) is 2.80. The normalized spacial score (nSPS) is 17.8. The maximum Gasteiger partial charge on any atom is 0.408 e. The summed E-state index contributed by atoms with van der Waals surface area (Å²) < 4.78 is 10.7. The number of rotatable bonds is 8. The van der Waals surface area contributed by atoms with Crippen LogP contribution in [0.25, 0.3) is 0 Å². The predicted octanol–water partition coefficient (Wildman–Crippen LogP) is 1.81. The molecule has 1 unspecified atom stereocenters. The number of carbonyl (C=O) groups is 1. The number of nitrogens with zero attached hydrogens (tertiary/aromatic N) is 2. The summed E-state index contributed by atoms with van der Waals surface area (Å²) in [7, 11) is 0. The summed E-state index contributed by atoms with van der Waals surface area (Å²) in [5.41, 5.74) is -1.03. The number of morpholine rings is 1. The Hall–Kier alpha value is -1.54. The van der Waals surface area contributed by atoms with E-state index in [9.17, 15) is 4.79 Å². The monoisotopic (exact) mass is 399 g/mol. The number of nitrogens with one attached hydrogen (secondary N) is 3. The first-order valence-electron chi connectivity index (χ1n) is 10.3. The Morgan fingerprint density at radius 1 is 1.18 bits per heavy atom. The van der Waals surface area contributed by atoms with Gasteiger partial charge < -0.3 is 25.4 Å². The van der Waals surface area contributed by atoms with Gasteiger partial charge in [0.25, 0.3) is 0 Å². The second kappa shape index (κ2) is 11.5. The van der Waals surface area contributed by atoms with Crippen molar-refractivity contribution >= 4 is 12.1 Å². The maximum atomic E-state index is 12.0. The predicted molar refractivity (Wildman–Crippen MR) is 114 cm³/mol. The molecule has 0 aliphatic carbocycles. The topological polar surface area (TPSA) is 87.2 Å². The SMILES string of the molecule is CCNC(=NCC(C)(C)NC(=O)OC(C)(C)C)NCC(C)CN1CCOCC1. The molecule has 1 fully saturated rings. The van der Waals surface area contributed by atoms with Crippen LogP contribution in [0.5, 0.6) is 0 Å². The zero-order valence-corrected chi connectivity index (χ0v) is 18.9. The van der Waals surface area contributed by atoms with Crippen LogP contribution in [0.4, 0.5) is 4.79 Å². The highest BCUT2D eigenvalue weighted by atomic mass is 16.6. The standard InChI is InChI=1S/C20H41N5O3/c1-8-21-17(22-13-16(2)14-25-9-11-27-12-10-25)23-15-20(6,7)24-18(26)28-19(3,4)5/h16H,8-15H2,1-7H3,(H,24,26)(H2,21,22,23). The molecule has 0 saturated carbocycles. The van der Waals surface area contributed by atoms with E-state index < -0.39 is 17.2 Å². The van der Waals surface area contributed by atoms with Crippen LogP contribution in [-0.2, 0) is 9.47 Å². The number of ether oxygens (including phenoxy) is 2. The van der Waals surface area contributed by atoms with Gasteiger partial charge in [0.15, 0.2) is 5.96 Å². The van der Waals surface area contributed by atoms with Gasteiger partial charge in [-0.05, 0) is 47.5 Å². The Bertz CT molecular complexity index is 497. The molecule has 28 heavy (non-hydrogen) atoms. The van der Waals surface area contributed by atoms with E-state index in [0.29, 0.717) is 12.5 Å². The van der Waals surface area contributed by atoms with E-state index in [4.69, 9.17) is 9.47 Å². The number of carbonyl (C=O) groups excluding carboxylic acids is 1. The summed E-state index contributed by atoms with van der Waals surface area (Å²) in [6.45, 7) is 20.5. The van der Waals surface area contributed by atoms with Crippen LogP contribution in [0.2, 0.25) is 0 Å². The van der Waals surface area contributed by atoms with Gasteiger partial charge in [0.2, 0.25) is 0 Å². The lowest BCUT2D eigenvalue weighted by Gasteiger charge is -2.29. The largest absolute Gasteiger partial charge is 0.444 e. The zero-order valence-electron chi connectivity index (χ0n) is 18.9. The first-order chi connectivity index (χ1) is 13.0. The zero-order chi connectivity index (χ0) is 21.2. The highest BCUT2D eigenvalue weighted by Gasteiger charge is 2.24. The Morgan fingerprint density at radius 3 is 2.39 bits per heavy atom. The molecule has 0 spiro atoms. The van der Waals surface area contributed by atoms with Gasteiger partial charge in [0, 0.05) is 32.7 Å². The van der Waals surface area contributed by atoms with Crippen LogP contribution < -0.4 is 16.0 Å². The minimum atomic E-state index is -0.517. The molecule has 3 N–H and O–H groups in total. The molecule has 1 aliphatic rings. The lowest BCUT2D eigenvalue weighted by Crippen LogP contribution is -2.49. The molecule has 0 aromatic carbocycles. The molecule has 8 heteroatoms. The Morgan fingerprint density at radius 2 is 1.82 bits per heavy atom.